The van der Waals surface area contributed by atoms with Crippen LogP contribution in [0.3, 0.4) is 0 Å². The molecule has 1 aromatic heterocycles. The standard InChI is InChI=1S/C15H17F8N5O/c1-6(14(18,19)20)24-11-26-10(8-3-4-13(16,17)9(29)5-8)27-12(28-11)25-7(2)15(21,22)23/h5-7,9,29H,3-4H2,1-2H3,(H2,24,25,26,27,28)/t6-,7-,9?/m1/s1. The molecule has 0 bridgehead atoms. The molecular formula is C15H17F8N5O. The Morgan fingerprint density at radius 2 is 1.41 bits per heavy atom. The van der Waals surface area contributed by atoms with Gasteiger partial charge in [-0.05, 0) is 31.9 Å². The molecule has 0 aliphatic heterocycles. The lowest BCUT2D eigenvalue weighted by atomic mass is 9.93. The molecule has 29 heavy (non-hydrogen) atoms. The largest absolute Gasteiger partial charge is 0.408 e. The fraction of sp³-hybridized carbons (Fsp3) is 0.667. The Hall–Kier alpha value is -2.25. The molecule has 1 aliphatic rings. The molecule has 3 atom stereocenters. The maximum Gasteiger partial charge on any atom is 0.408 e. The fourth-order valence-electron chi connectivity index (χ4n) is 2.23. The van der Waals surface area contributed by atoms with Crippen LogP contribution >= 0.6 is 0 Å². The molecule has 3 N–H and O–H groups in total. The van der Waals surface area contributed by atoms with E-state index >= 15 is 0 Å². The molecule has 2 rings (SSSR count). The summed E-state index contributed by atoms with van der Waals surface area (Å²) in [6.45, 7) is 1.47. The van der Waals surface area contributed by atoms with E-state index in [1.807, 2.05) is 10.6 Å². The van der Waals surface area contributed by atoms with E-state index in [-0.39, 0.29) is 12.0 Å². The highest BCUT2D eigenvalue weighted by atomic mass is 19.4. The van der Waals surface area contributed by atoms with Gasteiger partial charge in [-0.15, -0.1) is 0 Å². The van der Waals surface area contributed by atoms with Crippen molar-refractivity contribution < 1.29 is 40.2 Å². The number of alkyl halides is 8. The van der Waals surface area contributed by atoms with Crippen molar-refractivity contribution in [3.05, 3.63) is 11.9 Å². The van der Waals surface area contributed by atoms with Crippen LogP contribution in [0.15, 0.2) is 6.08 Å². The zero-order valence-electron chi connectivity index (χ0n) is 15.0. The van der Waals surface area contributed by atoms with Gasteiger partial charge < -0.3 is 15.7 Å². The summed E-state index contributed by atoms with van der Waals surface area (Å²) >= 11 is 0. The molecule has 0 spiro atoms. The van der Waals surface area contributed by atoms with E-state index in [4.69, 9.17) is 0 Å². The highest BCUT2D eigenvalue weighted by Crippen LogP contribution is 2.36. The zero-order valence-corrected chi connectivity index (χ0v) is 15.0. The van der Waals surface area contributed by atoms with Gasteiger partial charge in [-0.1, -0.05) is 0 Å². The van der Waals surface area contributed by atoms with Crippen molar-refractivity contribution in [2.75, 3.05) is 10.6 Å². The quantitative estimate of drug-likeness (QED) is 0.611. The number of anilines is 2. The predicted molar refractivity (Wildman–Crippen MR) is 86.3 cm³/mol. The molecule has 1 heterocycles. The molecule has 6 nitrogen and oxygen atoms in total. The average molecular weight is 435 g/mol. The Labute approximate surface area is 159 Å². The molecule has 14 heteroatoms. The Balaban J connectivity index is 2.42. The number of hydrogen-bond acceptors (Lipinski definition) is 6. The van der Waals surface area contributed by atoms with Gasteiger partial charge in [-0.2, -0.15) is 41.3 Å². The normalized spacial score (nSPS) is 21.9. The van der Waals surface area contributed by atoms with E-state index < -0.39 is 60.6 Å². The molecule has 0 fully saturated rings. The number of allylic oxidation sites excluding steroid dienone is 1. The topological polar surface area (TPSA) is 83.0 Å². The van der Waals surface area contributed by atoms with Crippen molar-refractivity contribution in [3.63, 3.8) is 0 Å². The summed E-state index contributed by atoms with van der Waals surface area (Å²) in [7, 11) is 0. The zero-order chi connectivity index (χ0) is 22.2. The summed E-state index contributed by atoms with van der Waals surface area (Å²) in [6.07, 6.45) is -12.0. The van der Waals surface area contributed by atoms with E-state index in [0.717, 1.165) is 13.8 Å². The lowest BCUT2D eigenvalue weighted by Gasteiger charge is -2.26. The predicted octanol–water partition coefficient (Wildman–Crippen LogP) is 3.77. The number of aromatic nitrogens is 3. The van der Waals surface area contributed by atoms with Crippen LogP contribution < -0.4 is 10.6 Å². The smallest absolute Gasteiger partial charge is 0.383 e. The minimum Gasteiger partial charge on any atom is -0.383 e. The average Bonchev–Trinajstić information content (AvgIpc) is 2.55. The number of rotatable bonds is 5. The number of halogens is 8. The third-order valence-corrected chi connectivity index (χ3v) is 4.12. The maximum atomic E-state index is 13.4. The number of aliphatic hydroxyl groups excluding tert-OH is 1. The van der Waals surface area contributed by atoms with Gasteiger partial charge in [0.25, 0.3) is 5.92 Å². The van der Waals surface area contributed by atoms with Crippen LogP contribution in [0.4, 0.5) is 47.0 Å². The third-order valence-electron chi connectivity index (χ3n) is 4.12. The Morgan fingerprint density at radius 3 is 1.79 bits per heavy atom. The van der Waals surface area contributed by atoms with Crippen molar-refractivity contribution in [3.8, 4) is 0 Å². The van der Waals surface area contributed by atoms with E-state index in [2.05, 4.69) is 15.0 Å². The van der Waals surface area contributed by atoms with Crippen molar-refractivity contribution >= 4 is 17.5 Å². The van der Waals surface area contributed by atoms with Gasteiger partial charge in [0, 0.05) is 6.42 Å². The second kappa shape index (κ2) is 7.88. The van der Waals surface area contributed by atoms with Gasteiger partial charge in [-0.3, -0.25) is 0 Å². The minimum absolute atomic E-state index is 0.0590. The summed E-state index contributed by atoms with van der Waals surface area (Å²) in [6, 6.07) is -4.30. The second-order valence-electron chi connectivity index (χ2n) is 6.52. The minimum atomic E-state index is -4.71. The van der Waals surface area contributed by atoms with Gasteiger partial charge in [0.1, 0.15) is 18.2 Å². The van der Waals surface area contributed by atoms with Gasteiger partial charge in [0.05, 0.1) is 0 Å². The van der Waals surface area contributed by atoms with E-state index in [9.17, 15) is 40.2 Å². The summed E-state index contributed by atoms with van der Waals surface area (Å²) in [4.78, 5) is 10.9. The number of aliphatic hydroxyl groups is 1. The Kier molecular flexibility index (Phi) is 6.26. The monoisotopic (exact) mass is 435 g/mol. The molecule has 0 radical (unpaired) electrons. The van der Waals surface area contributed by atoms with Crippen molar-refractivity contribution in [1.82, 2.24) is 15.0 Å². The molecule has 164 valence electrons. The second-order valence-corrected chi connectivity index (χ2v) is 6.52. The summed E-state index contributed by atoms with van der Waals surface area (Å²) in [5, 5.41) is 13.3. The lowest BCUT2D eigenvalue weighted by molar-refractivity contribution is -0.139. The van der Waals surface area contributed by atoms with Gasteiger partial charge in [-0.25, -0.2) is 8.78 Å². The first-order valence-electron chi connectivity index (χ1n) is 8.29. The van der Waals surface area contributed by atoms with Crippen LogP contribution in [0.5, 0.6) is 0 Å². The van der Waals surface area contributed by atoms with Crippen LogP contribution in [0.1, 0.15) is 32.5 Å². The lowest BCUT2D eigenvalue weighted by Crippen LogP contribution is -2.36. The van der Waals surface area contributed by atoms with Crippen LogP contribution in [0.25, 0.3) is 5.57 Å². The van der Waals surface area contributed by atoms with Crippen LogP contribution in [0, 0.1) is 0 Å². The molecule has 0 aromatic carbocycles. The van der Waals surface area contributed by atoms with Gasteiger partial charge >= 0.3 is 12.4 Å². The van der Waals surface area contributed by atoms with E-state index in [0.29, 0.717) is 6.08 Å². The van der Waals surface area contributed by atoms with Crippen molar-refractivity contribution in [1.29, 1.82) is 0 Å². The highest BCUT2D eigenvalue weighted by Gasteiger charge is 2.41. The Morgan fingerprint density at radius 1 is 0.966 bits per heavy atom. The molecule has 0 saturated carbocycles. The number of nitrogens with zero attached hydrogens (tertiary/aromatic N) is 3. The summed E-state index contributed by atoms with van der Waals surface area (Å²) in [5.41, 5.74) is -0.0590. The first-order chi connectivity index (χ1) is 13.1. The van der Waals surface area contributed by atoms with Gasteiger partial charge in [0.2, 0.25) is 11.9 Å². The third kappa shape index (κ3) is 5.87. The molecule has 0 amide bonds. The van der Waals surface area contributed by atoms with Crippen molar-refractivity contribution in [2.45, 2.75) is 63.2 Å². The van der Waals surface area contributed by atoms with Crippen LogP contribution in [0.2, 0.25) is 0 Å². The van der Waals surface area contributed by atoms with Crippen LogP contribution in [-0.4, -0.2) is 56.5 Å². The first-order valence-corrected chi connectivity index (χ1v) is 8.29. The maximum absolute atomic E-state index is 13.4. The molecule has 1 unspecified atom stereocenters. The number of nitrogens with one attached hydrogen (secondary N) is 2. The Bertz CT molecular complexity index is 724. The summed E-state index contributed by atoms with van der Waals surface area (Å²) < 4.78 is 103. The van der Waals surface area contributed by atoms with Gasteiger partial charge in [0.15, 0.2) is 5.82 Å². The molecule has 1 aliphatic carbocycles. The van der Waals surface area contributed by atoms with Crippen molar-refractivity contribution in [2.24, 2.45) is 0 Å². The SMILES string of the molecule is C[C@@H](Nc1nc(N[C@H](C)C(F)(F)F)nc(C2=CC(O)C(F)(F)CC2)n1)C(F)(F)F. The number of hydrogen-bond donors (Lipinski definition) is 3. The fourth-order valence-corrected chi connectivity index (χ4v) is 2.23. The molecule has 1 aromatic rings. The summed E-state index contributed by atoms with van der Waals surface area (Å²) in [5.74, 6) is -5.26. The van der Waals surface area contributed by atoms with E-state index in [1.54, 1.807) is 0 Å². The van der Waals surface area contributed by atoms with Crippen LogP contribution in [-0.2, 0) is 0 Å². The molecular weight excluding hydrogens is 418 g/mol. The highest BCUT2D eigenvalue weighted by molar-refractivity contribution is 5.63. The van der Waals surface area contributed by atoms with E-state index in [1.165, 1.54) is 0 Å². The molecule has 0 saturated heterocycles. The first kappa shape index (κ1) is 23.0.